The standard InChI is InChI=1S/C10H15NO3/c1-8(12)9(10(13)14-4)6-5-7-11(2)3/h5-7H,1-4H3/p+1/b7-5+,9-6-. The van der Waals surface area contributed by atoms with Crippen molar-refractivity contribution in [2.75, 3.05) is 21.2 Å². The molecule has 0 unspecified atom stereocenters. The maximum atomic E-state index is 11.1. The minimum atomic E-state index is -0.601. The molecule has 0 aromatic heterocycles. The summed E-state index contributed by atoms with van der Waals surface area (Å²) in [6.45, 7) is 1.33. The van der Waals surface area contributed by atoms with Crippen LogP contribution in [-0.2, 0) is 14.3 Å². The summed E-state index contributed by atoms with van der Waals surface area (Å²) in [6.07, 6.45) is 4.93. The van der Waals surface area contributed by atoms with E-state index in [2.05, 4.69) is 4.74 Å². The van der Waals surface area contributed by atoms with Crippen LogP contribution in [0.25, 0.3) is 0 Å². The van der Waals surface area contributed by atoms with Gasteiger partial charge in [0, 0.05) is 0 Å². The summed E-state index contributed by atoms with van der Waals surface area (Å²) in [6, 6.07) is 0. The number of ether oxygens (including phenoxy) is 1. The molecule has 0 aliphatic rings. The number of hydrogen-bond donors (Lipinski definition) is 1. The number of nitrogens with one attached hydrogen (secondary N) is 1. The lowest BCUT2D eigenvalue weighted by atomic mass is 10.2. The van der Waals surface area contributed by atoms with Crippen LogP contribution in [-0.4, -0.2) is 33.0 Å². The van der Waals surface area contributed by atoms with E-state index >= 15 is 0 Å². The van der Waals surface area contributed by atoms with Gasteiger partial charge in [0.2, 0.25) is 0 Å². The summed E-state index contributed by atoms with van der Waals surface area (Å²) in [5.74, 6) is -0.897. The van der Waals surface area contributed by atoms with E-state index in [9.17, 15) is 9.59 Å². The van der Waals surface area contributed by atoms with Gasteiger partial charge in [-0.15, -0.1) is 0 Å². The molecule has 0 aromatic carbocycles. The molecule has 0 fully saturated rings. The molecule has 78 valence electrons. The van der Waals surface area contributed by atoms with Crippen LogP contribution in [0.2, 0.25) is 0 Å². The normalized spacial score (nSPS) is 12.2. The lowest BCUT2D eigenvalue weighted by molar-refractivity contribution is -0.801. The SMILES string of the molecule is COC(=O)/C(=C\C=C\[NH+](C)C)C(C)=O. The zero-order chi connectivity index (χ0) is 11.1. The van der Waals surface area contributed by atoms with Gasteiger partial charge in [0.05, 0.1) is 27.4 Å². The van der Waals surface area contributed by atoms with Crippen molar-refractivity contribution < 1.29 is 19.2 Å². The van der Waals surface area contributed by atoms with Crippen LogP contribution in [0.3, 0.4) is 0 Å². The minimum absolute atomic E-state index is 0.0602. The zero-order valence-electron chi connectivity index (χ0n) is 8.96. The molecule has 0 aliphatic carbocycles. The Balaban J connectivity index is 4.66. The van der Waals surface area contributed by atoms with Crippen molar-refractivity contribution in [3.8, 4) is 0 Å². The summed E-state index contributed by atoms with van der Waals surface area (Å²) >= 11 is 0. The molecule has 0 rings (SSSR count). The molecule has 0 heterocycles. The molecule has 14 heavy (non-hydrogen) atoms. The minimum Gasteiger partial charge on any atom is -0.465 e. The third-order valence-electron chi connectivity index (χ3n) is 1.48. The van der Waals surface area contributed by atoms with Gasteiger partial charge in [-0.05, 0) is 19.1 Å². The summed E-state index contributed by atoms with van der Waals surface area (Å²) in [5.41, 5.74) is 0.0602. The number of esters is 1. The molecule has 0 aliphatic heterocycles. The molecule has 0 saturated carbocycles. The second-order valence-corrected chi connectivity index (χ2v) is 3.06. The second-order valence-electron chi connectivity index (χ2n) is 3.06. The number of hydrogen-bond acceptors (Lipinski definition) is 3. The largest absolute Gasteiger partial charge is 0.465 e. The number of carbonyl (C=O) groups is 2. The third-order valence-corrected chi connectivity index (χ3v) is 1.48. The molecule has 0 saturated heterocycles. The molecular weight excluding hydrogens is 182 g/mol. The first-order valence-electron chi connectivity index (χ1n) is 4.26. The average Bonchev–Trinajstić information content (AvgIpc) is 2.10. The molecule has 4 nitrogen and oxygen atoms in total. The Kier molecular flexibility index (Phi) is 5.48. The van der Waals surface area contributed by atoms with Crippen molar-refractivity contribution in [1.29, 1.82) is 0 Å². The van der Waals surface area contributed by atoms with Gasteiger partial charge in [0.1, 0.15) is 5.57 Å². The lowest BCUT2D eigenvalue weighted by Crippen LogP contribution is -3.00. The second kappa shape index (κ2) is 6.10. The van der Waals surface area contributed by atoms with Crippen molar-refractivity contribution in [2.45, 2.75) is 6.92 Å². The highest BCUT2D eigenvalue weighted by Crippen LogP contribution is 1.99. The van der Waals surface area contributed by atoms with Crippen LogP contribution in [0.1, 0.15) is 6.92 Å². The molecule has 0 aromatic rings. The Morgan fingerprint density at radius 3 is 2.21 bits per heavy atom. The topological polar surface area (TPSA) is 47.8 Å². The first kappa shape index (κ1) is 12.6. The van der Waals surface area contributed by atoms with E-state index in [0.29, 0.717) is 0 Å². The molecule has 0 bridgehead atoms. The van der Waals surface area contributed by atoms with Crippen LogP contribution in [0, 0.1) is 0 Å². The average molecular weight is 198 g/mol. The highest BCUT2D eigenvalue weighted by Gasteiger charge is 2.12. The summed E-state index contributed by atoms with van der Waals surface area (Å²) < 4.78 is 4.46. The molecule has 0 spiro atoms. The van der Waals surface area contributed by atoms with E-state index in [1.807, 2.05) is 20.3 Å². The van der Waals surface area contributed by atoms with Gasteiger partial charge in [-0.1, -0.05) is 0 Å². The van der Waals surface area contributed by atoms with E-state index < -0.39 is 5.97 Å². The first-order valence-corrected chi connectivity index (χ1v) is 4.26. The van der Waals surface area contributed by atoms with Crippen molar-refractivity contribution in [1.82, 2.24) is 0 Å². The first-order chi connectivity index (χ1) is 6.49. The van der Waals surface area contributed by atoms with Crippen molar-refractivity contribution in [2.24, 2.45) is 0 Å². The highest BCUT2D eigenvalue weighted by atomic mass is 16.5. The molecule has 0 radical (unpaired) electrons. The van der Waals surface area contributed by atoms with Crippen LogP contribution >= 0.6 is 0 Å². The Morgan fingerprint density at radius 1 is 1.29 bits per heavy atom. The summed E-state index contributed by atoms with van der Waals surface area (Å²) in [7, 11) is 5.10. The summed E-state index contributed by atoms with van der Waals surface area (Å²) in [4.78, 5) is 23.2. The quantitative estimate of drug-likeness (QED) is 0.214. The van der Waals surface area contributed by atoms with Gasteiger partial charge < -0.3 is 9.64 Å². The van der Waals surface area contributed by atoms with Crippen LogP contribution < -0.4 is 4.90 Å². The molecule has 4 heteroatoms. The highest BCUT2D eigenvalue weighted by molar-refractivity contribution is 6.16. The zero-order valence-corrected chi connectivity index (χ0v) is 8.96. The Morgan fingerprint density at radius 2 is 1.86 bits per heavy atom. The fourth-order valence-corrected chi connectivity index (χ4v) is 0.776. The molecule has 0 amide bonds. The number of quaternary nitrogens is 1. The van der Waals surface area contributed by atoms with Gasteiger partial charge in [-0.3, -0.25) is 4.79 Å². The Labute approximate surface area is 83.8 Å². The van der Waals surface area contributed by atoms with E-state index in [1.54, 1.807) is 6.08 Å². The number of Topliss-reactive ketones (excluding diaryl/α,β-unsaturated/α-hetero) is 1. The Hall–Kier alpha value is -1.42. The Bertz CT molecular complexity index is 277. The number of rotatable bonds is 4. The maximum Gasteiger partial charge on any atom is 0.341 e. The van der Waals surface area contributed by atoms with Crippen molar-refractivity contribution >= 4 is 11.8 Å². The molecule has 0 atom stereocenters. The van der Waals surface area contributed by atoms with Crippen LogP contribution in [0.4, 0.5) is 0 Å². The predicted molar refractivity (Wildman–Crippen MR) is 52.7 cm³/mol. The maximum absolute atomic E-state index is 11.1. The van der Waals surface area contributed by atoms with Gasteiger partial charge in [0.25, 0.3) is 0 Å². The number of allylic oxidation sites excluding steroid dienone is 2. The van der Waals surface area contributed by atoms with E-state index in [1.165, 1.54) is 20.1 Å². The van der Waals surface area contributed by atoms with Crippen LogP contribution in [0.5, 0.6) is 0 Å². The van der Waals surface area contributed by atoms with E-state index in [4.69, 9.17) is 0 Å². The fraction of sp³-hybridized carbons (Fsp3) is 0.400. The smallest absolute Gasteiger partial charge is 0.341 e. The van der Waals surface area contributed by atoms with Crippen LogP contribution in [0.15, 0.2) is 23.9 Å². The van der Waals surface area contributed by atoms with Gasteiger partial charge in [-0.2, -0.15) is 0 Å². The van der Waals surface area contributed by atoms with E-state index in [0.717, 1.165) is 4.90 Å². The number of methoxy groups -OCH3 is 1. The van der Waals surface area contributed by atoms with Gasteiger partial charge >= 0.3 is 5.97 Å². The molecule has 1 N–H and O–H groups in total. The molecular formula is C10H16NO3+. The predicted octanol–water partition coefficient (Wildman–Crippen LogP) is -0.667. The van der Waals surface area contributed by atoms with Gasteiger partial charge in [-0.25, -0.2) is 4.79 Å². The summed E-state index contributed by atoms with van der Waals surface area (Å²) in [5, 5.41) is 0. The van der Waals surface area contributed by atoms with Crippen molar-refractivity contribution in [3.05, 3.63) is 23.9 Å². The monoisotopic (exact) mass is 198 g/mol. The van der Waals surface area contributed by atoms with Crippen molar-refractivity contribution in [3.63, 3.8) is 0 Å². The lowest BCUT2D eigenvalue weighted by Gasteiger charge is -1.99. The fourth-order valence-electron chi connectivity index (χ4n) is 0.776. The van der Waals surface area contributed by atoms with E-state index in [-0.39, 0.29) is 11.4 Å². The third kappa shape index (κ3) is 4.57. The number of ketones is 1. The number of carbonyl (C=O) groups excluding carboxylic acids is 2. The van der Waals surface area contributed by atoms with Gasteiger partial charge in [0.15, 0.2) is 5.78 Å².